The van der Waals surface area contributed by atoms with Crippen molar-refractivity contribution in [2.24, 2.45) is 0 Å². The minimum atomic E-state index is -4.49. The summed E-state index contributed by atoms with van der Waals surface area (Å²) in [4.78, 5) is 14.5. The number of ether oxygens (including phenoxy) is 1. The minimum Gasteiger partial charge on any atom is -0.378 e. The van der Waals surface area contributed by atoms with Crippen LogP contribution in [0.3, 0.4) is 0 Å². The van der Waals surface area contributed by atoms with Gasteiger partial charge >= 0.3 is 6.18 Å². The van der Waals surface area contributed by atoms with Crippen molar-refractivity contribution in [3.63, 3.8) is 0 Å². The highest BCUT2D eigenvalue weighted by Crippen LogP contribution is 2.35. The predicted octanol–water partition coefficient (Wildman–Crippen LogP) is 5.75. The number of hydrogen-bond donors (Lipinski definition) is 0. The van der Waals surface area contributed by atoms with Crippen LogP contribution in [0.1, 0.15) is 12.5 Å². The molecule has 3 aromatic rings. The fourth-order valence-electron chi connectivity index (χ4n) is 4.21. The normalized spacial score (nSPS) is 14.1. The van der Waals surface area contributed by atoms with Crippen molar-refractivity contribution in [1.29, 1.82) is 0 Å². The Hall–Kier alpha value is -3.11. The van der Waals surface area contributed by atoms with Gasteiger partial charge in [-0.3, -0.25) is 0 Å². The van der Waals surface area contributed by atoms with Crippen molar-refractivity contribution >= 4 is 28.9 Å². The Morgan fingerprint density at radius 1 is 1.08 bits per heavy atom. The second-order valence-electron chi connectivity index (χ2n) is 8.67. The maximum atomic E-state index is 13.8. The Balaban J connectivity index is 1.63. The molecule has 0 radical (unpaired) electrons. The van der Waals surface area contributed by atoms with Gasteiger partial charge in [-0.2, -0.15) is 13.2 Å². The third kappa shape index (κ3) is 6.42. The van der Waals surface area contributed by atoms with E-state index >= 15 is 0 Å². The quantitative estimate of drug-likeness (QED) is 0.341. The first kappa shape index (κ1) is 26.9. The minimum absolute atomic E-state index is 0.00225. The molecular formula is C26H28ClF4N5O. The molecule has 1 aliphatic heterocycles. The number of anilines is 3. The van der Waals surface area contributed by atoms with Crippen LogP contribution < -0.4 is 14.7 Å². The summed E-state index contributed by atoms with van der Waals surface area (Å²) < 4.78 is 59.7. The van der Waals surface area contributed by atoms with Crippen molar-refractivity contribution in [1.82, 2.24) is 9.97 Å². The molecule has 1 saturated heterocycles. The number of nitrogens with zero attached hydrogens (tertiary/aromatic N) is 5. The first-order valence-electron chi connectivity index (χ1n) is 12.0. The number of hydrogen-bond acceptors (Lipinski definition) is 6. The van der Waals surface area contributed by atoms with Gasteiger partial charge in [-0.25, -0.2) is 14.4 Å². The molecule has 0 saturated carbocycles. The lowest BCUT2D eigenvalue weighted by atomic mass is 10.1. The molecule has 0 bridgehead atoms. The first-order chi connectivity index (χ1) is 17.7. The molecule has 37 heavy (non-hydrogen) atoms. The Bertz CT molecular complexity index is 1220. The fraction of sp³-hybridized carbons (Fsp3) is 0.385. The molecule has 0 atom stereocenters. The van der Waals surface area contributed by atoms with E-state index in [4.69, 9.17) is 21.3 Å². The molecule has 3 heterocycles. The average molecular weight is 538 g/mol. The van der Waals surface area contributed by atoms with Crippen molar-refractivity contribution < 1.29 is 22.3 Å². The van der Waals surface area contributed by atoms with Crippen molar-refractivity contribution in [3.8, 4) is 11.3 Å². The number of aromatic nitrogens is 2. The van der Waals surface area contributed by atoms with Crippen LogP contribution in [0, 0.1) is 5.82 Å². The van der Waals surface area contributed by atoms with E-state index in [1.54, 1.807) is 13.1 Å². The molecular weight excluding hydrogens is 510 g/mol. The van der Waals surface area contributed by atoms with Crippen LogP contribution in [0.5, 0.6) is 0 Å². The molecule has 198 valence electrons. The van der Waals surface area contributed by atoms with Gasteiger partial charge < -0.3 is 19.4 Å². The van der Waals surface area contributed by atoms with Crippen LogP contribution >= 0.6 is 11.6 Å². The van der Waals surface area contributed by atoms with E-state index in [0.717, 1.165) is 17.6 Å². The van der Waals surface area contributed by atoms with Gasteiger partial charge in [0.05, 0.1) is 29.5 Å². The van der Waals surface area contributed by atoms with Gasteiger partial charge in [-0.05, 0) is 43.3 Å². The van der Waals surface area contributed by atoms with Crippen LogP contribution in [0.15, 0.2) is 48.7 Å². The van der Waals surface area contributed by atoms with Gasteiger partial charge in [0, 0.05) is 63.3 Å². The van der Waals surface area contributed by atoms with Crippen LogP contribution in [0.4, 0.5) is 34.9 Å². The second-order valence-corrected chi connectivity index (χ2v) is 9.08. The number of halogens is 5. The van der Waals surface area contributed by atoms with Gasteiger partial charge in [0.2, 0.25) is 0 Å². The maximum Gasteiger partial charge on any atom is 0.419 e. The lowest BCUT2D eigenvalue weighted by Gasteiger charge is -2.31. The van der Waals surface area contributed by atoms with E-state index in [0.29, 0.717) is 57.2 Å². The van der Waals surface area contributed by atoms with E-state index in [1.165, 1.54) is 29.3 Å². The van der Waals surface area contributed by atoms with E-state index < -0.39 is 17.6 Å². The summed E-state index contributed by atoms with van der Waals surface area (Å²) in [6, 6.07) is 10.6. The Morgan fingerprint density at radius 3 is 2.51 bits per heavy atom. The van der Waals surface area contributed by atoms with Crippen LogP contribution in [-0.4, -0.2) is 63.0 Å². The summed E-state index contributed by atoms with van der Waals surface area (Å²) in [7, 11) is 1.60. The van der Waals surface area contributed by atoms with Crippen molar-refractivity contribution in [3.05, 3.63) is 65.1 Å². The molecule has 11 heteroatoms. The molecule has 6 nitrogen and oxygen atoms in total. The monoisotopic (exact) mass is 537 g/mol. The van der Waals surface area contributed by atoms with Crippen LogP contribution in [0.25, 0.3) is 11.3 Å². The highest BCUT2D eigenvalue weighted by molar-refractivity contribution is 6.31. The topological polar surface area (TPSA) is 44.7 Å². The third-order valence-electron chi connectivity index (χ3n) is 6.25. The van der Waals surface area contributed by atoms with Crippen molar-refractivity contribution in [2.75, 3.05) is 67.7 Å². The maximum absolute atomic E-state index is 13.8. The number of benzene rings is 1. The molecule has 0 spiro atoms. The van der Waals surface area contributed by atoms with Crippen LogP contribution in [-0.2, 0) is 10.9 Å². The summed E-state index contributed by atoms with van der Waals surface area (Å²) in [5.74, 6) is 0.115. The molecule has 4 rings (SSSR count). The number of rotatable bonds is 8. The zero-order chi connectivity index (χ0) is 26.6. The Kier molecular flexibility index (Phi) is 8.39. The molecule has 1 aliphatic rings. The predicted molar refractivity (Wildman–Crippen MR) is 138 cm³/mol. The molecule has 2 aromatic heterocycles. The summed E-state index contributed by atoms with van der Waals surface area (Å²) >= 11 is 6.04. The molecule has 1 aromatic carbocycles. The number of morpholine rings is 1. The number of alkyl halides is 3. The zero-order valence-corrected chi connectivity index (χ0v) is 21.4. The number of likely N-dealkylation sites (N-methyl/N-ethyl adjacent to an activating group) is 2. The third-order valence-corrected chi connectivity index (χ3v) is 6.54. The standard InChI is InChI=1S/C26H28ClF4N5O/c1-3-35(10-9-34(2)25-20(26(29,30)31)5-4-8-32-25)19-16-23(18-6-7-22(28)21(27)15-18)33-24(17-19)36-11-13-37-14-12-36/h4-8,15-17H,3,9-14H2,1-2H3. The van der Waals surface area contributed by atoms with Crippen molar-refractivity contribution in [2.45, 2.75) is 13.1 Å². The first-order valence-corrected chi connectivity index (χ1v) is 12.3. The lowest BCUT2D eigenvalue weighted by molar-refractivity contribution is -0.137. The van der Waals surface area contributed by atoms with E-state index in [2.05, 4.69) is 14.8 Å². The van der Waals surface area contributed by atoms with Crippen LogP contribution in [0.2, 0.25) is 5.02 Å². The van der Waals surface area contributed by atoms with Gasteiger partial charge in [0.1, 0.15) is 17.5 Å². The summed E-state index contributed by atoms with van der Waals surface area (Å²) in [6.07, 6.45) is -3.14. The zero-order valence-electron chi connectivity index (χ0n) is 20.6. The molecule has 0 aliphatic carbocycles. The molecule has 0 N–H and O–H groups in total. The van der Waals surface area contributed by atoms with Gasteiger partial charge in [-0.1, -0.05) is 11.6 Å². The highest BCUT2D eigenvalue weighted by Gasteiger charge is 2.35. The van der Waals surface area contributed by atoms with E-state index in [-0.39, 0.29) is 10.8 Å². The van der Waals surface area contributed by atoms with Gasteiger partial charge in [0.15, 0.2) is 0 Å². The molecule has 0 unspecified atom stereocenters. The molecule has 1 fully saturated rings. The fourth-order valence-corrected chi connectivity index (χ4v) is 4.39. The van der Waals surface area contributed by atoms with Gasteiger partial charge in [-0.15, -0.1) is 0 Å². The smallest absolute Gasteiger partial charge is 0.378 e. The average Bonchev–Trinajstić information content (AvgIpc) is 2.90. The highest BCUT2D eigenvalue weighted by atomic mass is 35.5. The summed E-state index contributed by atoms with van der Waals surface area (Å²) in [5.41, 5.74) is 1.37. The second kappa shape index (κ2) is 11.5. The lowest BCUT2D eigenvalue weighted by Crippen LogP contribution is -2.37. The summed E-state index contributed by atoms with van der Waals surface area (Å²) in [5, 5.41) is 0.00225. The molecule has 0 amide bonds. The van der Waals surface area contributed by atoms with E-state index in [1.807, 2.05) is 19.1 Å². The Labute approximate surface area is 218 Å². The SMILES string of the molecule is CCN(CCN(C)c1ncccc1C(F)(F)F)c1cc(-c2ccc(F)c(Cl)c2)nc(N2CCOCC2)c1. The van der Waals surface area contributed by atoms with Gasteiger partial charge in [0.25, 0.3) is 0 Å². The largest absolute Gasteiger partial charge is 0.419 e. The van der Waals surface area contributed by atoms with E-state index in [9.17, 15) is 17.6 Å². The Morgan fingerprint density at radius 2 is 1.84 bits per heavy atom. The number of pyridine rings is 2. The summed E-state index contributed by atoms with van der Waals surface area (Å²) in [6.45, 7) is 5.85.